The van der Waals surface area contributed by atoms with Crippen LogP contribution >= 0.6 is 63.7 Å². The molecular formula is C24H24Br4O2. The molecule has 0 N–H and O–H groups in total. The van der Waals surface area contributed by atoms with Crippen LogP contribution in [0.2, 0.25) is 0 Å². The number of hydrogen-bond donors (Lipinski definition) is 0. The fraction of sp³-hybridized carbons (Fsp3) is 0.333. The average molecular weight is 664 g/mol. The summed E-state index contributed by atoms with van der Waals surface area (Å²) in [5.74, 6) is 1.61. The topological polar surface area (TPSA) is 18.5 Å². The highest BCUT2D eigenvalue weighted by Gasteiger charge is 2.37. The first-order valence-corrected chi connectivity index (χ1v) is 13.1. The SMILES string of the molecule is C=CCOc1c(Br)cc(C2(c3cc(Br)c(OCC=C)c(Br)c3)CCCCC2)cc1Br. The Labute approximate surface area is 212 Å². The van der Waals surface area contributed by atoms with E-state index in [4.69, 9.17) is 9.47 Å². The summed E-state index contributed by atoms with van der Waals surface area (Å²) in [6.45, 7) is 8.41. The molecule has 3 rings (SSSR count). The van der Waals surface area contributed by atoms with E-state index in [2.05, 4.69) is 101 Å². The predicted molar refractivity (Wildman–Crippen MR) is 139 cm³/mol. The van der Waals surface area contributed by atoms with E-state index >= 15 is 0 Å². The Morgan fingerprint density at radius 1 is 0.700 bits per heavy atom. The van der Waals surface area contributed by atoms with Crippen LogP contribution in [0.1, 0.15) is 43.2 Å². The highest BCUT2D eigenvalue weighted by molar-refractivity contribution is 9.11. The molecule has 0 unspecified atom stereocenters. The molecule has 160 valence electrons. The molecule has 1 aliphatic carbocycles. The van der Waals surface area contributed by atoms with Crippen molar-refractivity contribution in [2.75, 3.05) is 13.2 Å². The Morgan fingerprint density at radius 3 is 1.40 bits per heavy atom. The van der Waals surface area contributed by atoms with Crippen LogP contribution in [0.5, 0.6) is 11.5 Å². The first-order chi connectivity index (χ1) is 14.4. The summed E-state index contributed by atoms with van der Waals surface area (Å²) in [5, 5.41) is 0. The molecule has 0 aromatic heterocycles. The third-order valence-corrected chi connectivity index (χ3v) is 7.86. The summed E-state index contributed by atoms with van der Waals surface area (Å²) in [5.41, 5.74) is 2.50. The zero-order valence-electron chi connectivity index (χ0n) is 16.7. The minimum atomic E-state index is -0.0672. The summed E-state index contributed by atoms with van der Waals surface area (Å²) in [6, 6.07) is 8.83. The molecule has 2 nitrogen and oxygen atoms in total. The number of ether oxygens (including phenoxy) is 2. The lowest BCUT2D eigenvalue weighted by molar-refractivity contribution is 0.339. The normalized spacial score (nSPS) is 15.5. The quantitative estimate of drug-likeness (QED) is 0.262. The summed E-state index contributed by atoms with van der Waals surface area (Å²) >= 11 is 14.9. The van der Waals surface area contributed by atoms with Gasteiger partial charge >= 0.3 is 0 Å². The van der Waals surface area contributed by atoms with Gasteiger partial charge in [0.15, 0.2) is 0 Å². The minimum Gasteiger partial charge on any atom is -0.487 e. The summed E-state index contributed by atoms with van der Waals surface area (Å²) in [6.07, 6.45) is 9.38. The van der Waals surface area contributed by atoms with Crippen LogP contribution in [0.15, 0.2) is 67.5 Å². The zero-order valence-corrected chi connectivity index (χ0v) is 23.0. The van der Waals surface area contributed by atoms with Crippen molar-refractivity contribution in [1.82, 2.24) is 0 Å². The summed E-state index contributed by atoms with van der Waals surface area (Å²) < 4.78 is 15.5. The number of hydrogen-bond acceptors (Lipinski definition) is 2. The number of rotatable bonds is 8. The zero-order chi connectivity index (χ0) is 21.7. The van der Waals surface area contributed by atoms with Crippen LogP contribution < -0.4 is 9.47 Å². The molecule has 0 bridgehead atoms. The second kappa shape index (κ2) is 10.8. The third kappa shape index (κ3) is 5.08. The summed E-state index contributed by atoms with van der Waals surface area (Å²) in [7, 11) is 0. The maximum atomic E-state index is 5.84. The molecular weight excluding hydrogens is 640 g/mol. The summed E-state index contributed by atoms with van der Waals surface area (Å²) in [4.78, 5) is 0. The second-order valence-electron chi connectivity index (χ2n) is 7.38. The lowest BCUT2D eigenvalue weighted by atomic mass is 9.65. The van der Waals surface area contributed by atoms with E-state index in [-0.39, 0.29) is 5.41 Å². The van der Waals surface area contributed by atoms with Crippen molar-refractivity contribution in [3.05, 3.63) is 78.6 Å². The lowest BCUT2D eigenvalue weighted by Gasteiger charge is -2.39. The van der Waals surface area contributed by atoms with Gasteiger partial charge in [0, 0.05) is 5.41 Å². The number of halogens is 4. The van der Waals surface area contributed by atoms with Gasteiger partial charge in [-0.25, -0.2) is 0 Å². The Morgan fingerprint density at radius 2 is 1.07 bits per heavy atom. The van der Waals surface area contributed by atoms with Gasteiger partial charge in [0.1, 0.15) is 24.7 Å². The molecule has 2 aromatic rings. The Bertz CT molecular complexity index is 817. The van der Waals surface area contributed by atoms with Gasteiger partial charge in [-0.2, -0.15) is 0 Å². The fourth-order valence-corrected chi connectivity index (χ4v) is 6.96. The highest BCUT2D eigenvalue weighted by Crippen LogP contribution is 2.50. The molecule has 6 heteroatoms. The van der Waals surface area contributed by atoms with Crippen LogP contribution in [0.3, 0.4) is 0 Å². The molecule has 0 amide bonds. The van der Waals surface area contributed by atoms with Crippen molar-refractivity contribution in [3.63, 3.8) is 0 Å². The van der Waals surface area contributed by atoms with Crippen LogP contribution in [0, 0.1) is 0 Å². The van der Waals surface area contributed by atoms with Gasteiger partial charge in [-0.3, -0.25) is 0 Å². The molecule has 2 aromatic carbocycles. The van der Waals surface area contributed by atoms with Gasteiger partial charge in [-0.15, -0.1) is 0 Å². The van der Waals surface area contributed by atoms with E-state index in [0.717, 1.165) is 42.2 Å². The molecule has 0 aliphatic heterocycles. The average Bonchev–Trinajstić information content (AvgIpc) is 2.73. The van der Waals surface area contributed by atoms with Crippen molar-refractivity contribution in [1.29, 1.82) is 0 Å². The van der Waals surface area contributed by atoms with Gasteiger partial charge in [-0.1, -0.05) is 44.6 Å². The molecule has 1 aliphatic rings. The Kier molecular flexibility index (Phi) is 8.71. The van der Waals surface area contributed by atoms with Crippen molar-refractivity contribution in [2.24, 2.45) is 0 Å². The van der Waals surface area contributed by atoms with E-state index in [1.807, 2.05) is 0 Å². The molecule has 1 fully saturated rings. The van der Waals surface area contributed by atoms with Crippen LogP contribution in [-0.4, -0.2) is 13.2 Å². The van der Waals surface area contributed by atoms with E-state index < -0.39 is 0 Å². The Hall–Kier alpha value is -0.560. The van der Waals surface area contributed by atoms with Gasteiger partial charge in [0.05, 0.1) is 17.9 Å². The highest BCUT2D eigenvalue weighted by atomic mass is 79.9. The predicted octanol–water partition coefficient (Wildman–Crippen LogP) is 9.12. The monoisotopic (exact) mass is 660 g/mol. The first-order valence-electron chi connectivity index (χ1n) is 9.89. The van der Waals surface area contributed by atoms with Gasteiger partial charge in [0.2, 0.25) is 0 Å². The smallest absolute Gasteiger partial charge is 0.148 e. The third-order valence-electron chi connectivity index (χ3n) is 5.50. The van der Waals surface area contributed by atoms with Gasteiger partial charge in [0.25, 0.3) is 0 Å². The van der Waals surface area contributed by atoms with Gasteiger partial charge in [-0.05, 0) is 112 Å². The molecule has 0 saturated heterocycles. The lowest BCUT2D eigenvalue weighted by Crippen LogP contribution is -2.30. The molecule has 0 atom stereocenters. The van der Waals surface area contributed by atoms with Crippen LogP contribution in [-0.2, 0) is 5.41 Å². The van der Waals surface area contributed by atoms with E-state index in [0.29, 0.717) is 13.2 Å². The molecule has 0 spiro atoms. The van der Waals surface area contributed by atoms with E-state index in [1.54, 1.807) is 12.2 Å². The maximum Gasteiger partial charge on any atom is 0.148 e. The van der Waals surface area contributed by atoms with Crippen molar-refractivity contribution >= 4 is 63.7 Å². The van der Waals surface area contributed by atoms with Crippen molar-refractivity contribution < 1.29 is 9.47 Å². The molecule has 1 saturated carbocycles. The largest absolute Gasteiger partial charge is 0.487 e. The maximum absolute atomic E-state index is 5.84. The Balaban J connectivity index is 2.10. The van der Waals surface area contributed by atoms with Crippen LogP contribution in [0.4, 0.5) is 0 Å². The fourth-order valence-electron chi connectivity index (χ4n) is 4.13. The van der Waals surface area contributed by atoms with Crippen LogP contribution in [0.25, 0.3) is 0 Å². The van der Waals surface area contributed by atoms with Gasteiger partial charge < -0.3 is 9.47 Å². The molecule has 0 heterocycles. The first kappa shape index (κ1) is 24.1. The molecule has 0 radical (unpaired) electrons. The van der Waals surface area contributed by atoms with Crippen molar-refractivity contribution in [3.8, 4) is 11.5 Å². The molecule has 30 heavy (non-hydrogen) atoms. The number of benzene rings is 2. The minimum absolute atomic E-state index is 0.0672. The van der Waals surface area contributed by atoms with E-state index in [9.17, 15) is 0 Å². The standard InChI is InChI=1S/C24H24Br4O2/c1-3-10-29-22-18(25)12-16(13-19(22)26)24(8-6-5-7-9-24)17-14-20(27)23(21(28)15-17)30-11-4-2/h3-4,12-15H,1-2,5-11H2. The second-order valence-corrected chi connectivity index (χ2v) is 10.8. The van der Waals surface area contributed by atoms with E-state index in [1.165, 1.54) is 30.4 Å². The van der Waals surface area contributed by atoms with Crippen molar-refractivity contribution in [2.45, 2.75) is 37.5 Å².